The van der Waals surface area contributed by atoms with E-state index in [4.69, 9.17) is 0 Å². The largest absolute Gasteiger partial charge is 0.285 e. The molecule has 2 aromatic heterocycles. The Morgan fingerprint density at radius 1 is 1.24 bits per heavy atom. The van der Waals surface area contributed by atoms with E-state index in [1.807, 2.05) is 11.4 Å². The standard InChI is InChI=1S/C12H6FN2S.Ir/c13-10-4-2-1-3-8(10)11-9-5-6-16-12(9)15-7-14-11;/h1-2,4-7H;/q-1;. The second-order valence-electron chi connectivity index (χ2n) is 3.25. The van der Waals surface area contributed by atoms with Gasteiger partial charge in [-0.3, -0.25) is 9.37 Å². The molecular weight excluding hydrogens is 415 g/mol. The normalized spacial score (nSPS) is 10.2. The molecule has 5 heteroatoms. The van der Waals surface area contributed by atoms with Gasteiger partial charge in [0.15, 0.2) is 0 Å². The maximum Gasteiger partial charge on any atom is 0.117 e. The molecular formula is C12H6FIrN2S-. The van der Waals surface area contributed by atoms with Crippen molar-refractivity contribution >= 4 is 21.6 Å². The van der Waals surface area contributed by atoms with E-state index in [0.29, 0.717) is 11.3 Å². The van der Waals surface area contributed by atoms with E-state index in [9.17, 15) is 4.39 Å². The first-order chi connectivity index (χ1) is 7.86. The molecule has 0 unspecified atom stereocenters. The van der Waals surface area contributed by atoms with Crippen LogP contribution in [-0.2, 0) is 20.1 Å². The molecule has 1 radical (unpaired) electrons. The molecule has 2 nitrogen and oxygen atoms in total. The number of thiophene rings is 1. The molecule has 87 valence electrons. The number of fused-ring (bicyclic) bond motifs is 1. The minimum absolute atomic E-state index is 0. The predicted molar refractivity (Wildman–Crippen MR) is 61.6 cm³/mol. The fourth-order valence-corrected chi connectivity index (χ4v) is 2.32. The van der Waals surface area contributed by atoms with Gasteiger partial charge in [-0.2, -0.15) is 0 Å². The number of hydrogen-bond acceptors (Lipinski definition) is 3. The van der Waals surface area contributed by atoms with Crippen molar-refractivity contribution < 1.29 is 24.5 Å². The zero-order valence-corrected chi connectivity index (χ0v) is 11.7. The first-order valence-electron chi connectivity index (χ1n) is 4.71. The van der Waals surface area contributed by atoms with Gasteiger partial charge in [0.2, 0.25) is 0 Å². The zero-order valence-electron chi connectivity index (χ0n) is 8.48. The monoisotopic (exact) mass is 422 g/mol. The maximum absolute atomic E-state index is 13.6. The molecule has 0 saturated carbocycles. The number of aromatic nitrogens is 2. The van der Waals surface area contributed by atoms with E-state index in [0.717, 1.165) is 10.2 Å². The summed E-state index contributed by atoms with van der Waals surface area (Å²) >= 11 is 1.51. The van der Waals surface area contributed by atoms with Crippen LogP contribution in [-0.4, -0.2) is 9.97 Å². The third-order valence-electron chi connectivity index (χ3n) is 2.30. The molecule has 17 heavy (non-hydrogen) atoms. The number of benzene rings is 1. The van der Waals surface area contributed by atoms with Gasteiger partial charge in [-0.05, 0) is 16.8 Å². The van der Waals surface area contributed by atoms with Crippen LogP contribution in [0.1, 0.15) is 0 Å². The van der Waals surface area contributed by atoms with E-state index in [2.05, 4.69) is 16.0 Å². The summed E-state index contributed by atoms with van der Waals surface area (Å²) in [6, 6.07) is 9.48. The summed E-state index contributed by atoms with van der Waals surface area (Å²) in [5.74, 6) is -0.311. The van der Waals surface area contributed by atoms with E-state index in [1.54, 1.807) is 12.1 Å². The van der Waals surface area contributed by atoms with E-state index >= 15 is 0 Å². The van der Waals surface area contributed by atoms with Crippen LogP contribution in [0.15, 0.2) is 36.0 Å². The molecule has 1 aromatic carbocycles. The Kier molecular flexibility index (Phi) is 3.62. The smallest absolute Gasteiger partial charge is 0.117 e. The fourth-order valence-electron chi connectivity index (χ4n) is 1.59. The Balaban J connectivity index is 0.00000108. The van der Waals surface area contributed by atoms with Gasteiger partial charge < -0.3 is 0 Å². The second kappa shape index (κ2) is 5.00. The van der Waals surface area contributed by atoms with Crippen LogP contribution in [0.2, 0.25) is 0 Å². The molecule has 0 saturated heterocycles. The number of hydrogen-bond donors (Lipinski definition) is 0. The van der Waals surface area contributed by atoms with Crippen molar-refractivity contribution in [2.45, 2.75) is 0 Å². The summed E-state index contributed by atoms with van der Waals surface area (Å²) in [5, 5.41) is 2.79. The van der Waals surface area contributed by atoms with Crippen molar-refractivity contribution in [3.05, 3.63) is 47.9 Å². The van der Waals surface area contributed by atoms with Gasteiger partial charge in [-0.15, -0.1) is 35.6 Å². The topological polar surface area (TPSA) is 25.8 Å². The van der Waals surface area contributed by atoms with Gasteiger partial charge in [0, 0.05) is 31.6 Å². The van der Waals surface area contributed by atoms with Crippen molar-refractivity contribution in [1.29, 1.82) is 0 Å². The third kappa shape index (κ3) is 2.14. The van der Waals surface area contributed by atoms with Gasteiger partial charge in [-0.1, -0.05) is 5.56 Å². The molecule has 0 spiro atoms. The second-order valence-corrected chi connectivity index (χ2v) is 4.15. The SMILES string of the molecule is Fc1ccc[c-]c1-c1ncnc2sccc12.[Ir]. The molecule has 2 heterocycles. The van der Waals surface area contributed by atoms with Crippen LogP contribution in [0, 0.1) is 11.9 Å². The molecule has 0 aliphatic rings. The first-order valence-corrected chi connectivity index (χ1v) is 5.59. The molecule has 0 aliphatic carbocycles. The summed E-state index contributed by atoms with van der Waals surface area (Å²) in [6.07, 6.45) is 1.45. The maximum atomic E-state index is 13.6. The molecule has 0 aliphatic heterocycles. The Morgan fingerprint density at radius 3 is 2.94 bits per heavy atom. The molecule has 0 atom stereocenters. The van der Waals surface area contributed by atoms with Crippen molar-refractivity contribution in [2.75, 3.05) is 0 Å². The van der Waals surface area contributed by atoms with Gasteiger partial charge in [0.25, 0.3) is 0 Å². The van der Waals surface area contributed by atoms with Crippen molar-refractivity contribution in [2.24, 2.45) is 0 Å². The van der Waals surface area contributed by atoms with Crippen LogP contribution in [0.5, 0.6) is 0 Å². The Bertz CT molecular complexity index is 654. The molecule has 0 fully saturated rings. The molecule has 3 aromatic rings. The quantitative estimate of drug-likeness (QED) is 0.564. The summed E-state index contributed by atoms with van der Waals surface area (Å²) in [6.45, 7) is 0. The van der Waals surface area contributed by atoms with Crippen LogP contribution in [0.4, 0.5) is 4.39 Å². The van der Waals surface area contributed by atoms with Crippen LogP contribution in [0.25, 0.3) is 21.5 Å². The van der Waals surface area contributed by atoms with Gasteiger partial charge in [-0.25, -0.2) is 4.98 Å². The van der Waals surface area contributed by atoms with Crippen LogP contribution < -0.4 is 0 Å². The summed E-state index contributed by atoms with van der Waals surface area (Å²) in [7, 11) is 0. The van der Waals surface area contributed by atoms with Gasteiger partial charge in [0.1, 0.15) is 11.2 Å². The summed E-state index contributed by atoms with van der Waals surface area (Å²) < 4.78 is 13.6. The molecule has 0 N–H and O–H groups in total. The fraction of sp³-hybridized carbons (Fsp3) is 0. The minimum Gasteiger partial charge on any atom is -0.285 e. The molecule has 3 rings (SSSR count). The van der Waals surface area contributed by atoms with Crippen LogP contribution in [0.3, 0.4) is 0 Å². The Morgan fingerprint density at radius 2 is 2.12 bits per heavy atom. The minimum atomic E-state index is -0.311. The van der Waals surface area contributed by atoms with E-state index < -0.39 is 0 Å². The van der Waals surface area contributed by atoms with Gasteiger partial charge in [0.05, 0.1) is 0 Å². The van der Waals surface area contributed by atoms with E-state index in [-0.39, 0.29) is 25.9 Å². The Labute approximate surface area is 115 Å². The van der Waals surface area contributed by atoms with Gasteiger partial charge >= 0.3 is 0 Å². The average Bonchev–Trinajstić information content (AvgIpc) is 2.77. The predicted octanol–water partition coefficient (Wildman–Crippen LogP) is 3.30. The van der Waals surface area contributed by atoms with E-state index in [1.165, 1.54) is 23.7 Å². The van der Waals surface area contributed by atoms with Crippen molar-refractivity contribution in [3.63, 3.8) is 0 Å². The van der Waals surface area contributed by atoms with Crippen molar-refractivity contribution in [1.82, 2.24) is 9.97 Å². The molecule has 0 amide bonds. The Hall–Kier alpha value is -1.16. The first kappa shape index (κ1) is 12.3. The van der Waals surface area contributed by atoms with Crippen molar-refractivity contribution in [3.8, 4) is 11.3 Å². The molecule has 0 bridgehead atoms. The summed E-state index contributed by atoms with van der Waals surface area (Å²) in [5.41, 5.74) is 0.998. The average molecular weight is 421 g/mol. The number of nitrogens with zero attached hydrogens (tertiary/aromatic N) is 2. The third-order valence-corrected chi connectivity index (χ3v) is 3.12. The zero-order chi connectivity index (χ0) is 11.0. The summed E-state index contributed by atoms with van der Waals surface area (Å²) in [4.78, 5) is 9.13. The number of rotatable bonds is 1. The van der Waals surface area contributed by atoms with Crippen LogP contribution >= 0.6 is 11.3 Å². The number of halogens is 1.